The maximum atomic E-state index is 11.6. The maximum absolute atomic E-state index is 11.6. The lowest BCUT2D eigenvalue weighted by molar-refractivity contribution is -0.143. The van der Waals surface area contributed by atoms with Gasteiger partial charge in [-0.3, -0.25) is 14.9 Å². The zero-order valence-corrected chi connectivity index (χ0v) is 15.6. The summed E-state index contributed by atoms with van der Waals surface area (Å²) in [4.78, 5) is 23.0. The third kappa shape index (κ3) is 5.86. The van der Waals surface area contributed by atoms with Gasteiger partial charge in [0, 0.05) is 12.0 Å². The first kappa shape index (κ1) is 20.5. The second-order valence-corrected chi connectivity index (χ2v) is 6.78. The molecule has 0 radical (unpaired) electrons. The number of methoxy groups -OCH3 is 1. The molecule has 1 aromatic carbocycles. The largest absolute Gasteiger partial charge is 0.497 e. The lowest BCUT2D eigenvalue weighted by atomic mass is 10.0. The summed E-state index contributed by atoms with van der Waals surface area (Å²) in [6.07, 6.45) is 0.391. The quantitative estimate of drug-likeness (QED) is 0.585. The van der Waals surface area contributed by atoms with E-state index < -0.39 is 24.0 Å². The summed E-state index contributed by atoms with van der Waals surface area (Å²) in [5, 5.41) is 21.5. The molecule has 1 aromatic heterocycles. The van der Waals surface area contributed by atoms with Gasteiger partial charge >= 0.3 is 11.9 Å². The Morgan fingerprint density at radius 3 is 2.19 bits per heavy atom. The molecule has 2 atom stereocenters. The van der Waals surface area contributed by atoms with Crippen molar-refractivity contribution in [1.82, 2.24) is 5.32 Å². The van der Waals surface area contributed by atoms with Crippen molar-refractivity contribution in [1.29, 1.82) is 0 Å². The molecule has 0 aliphatic heterocycles. The average molecular weight is 375 g/mol. The Balaban J connectivity index is 2.11. The van der Waals surface area contributed by atoms with Crippen LogP contribution in [0.15, 0.2) is 40.8 Å². The summed E-state index contributed by atoms with van der Waals surface area (Å²) in [6.45, 7) is 3.78. The van der Waals surface area contributed by atoms with Gasteiger partial charge in [-0.15, -0.1) is 0 Å². The number of aliphatic carboxylic acids is 2. The van der Waals surface area contributed by atoms with Crippen molar-refractivity contribution in [2.45, 2.75) is 38.8 Å². The van der Waals surface area contributed by atoms with Gasteiger partial charge in [0.2, 0.25) is 0 Å². The standard InChI is InChI=1S/C20H25NO6/c1-12(2)10-16(19(22)23)21-17(20(24)25)11-15-8-9-18(27-15)13-4-6-14(26-3)7-5-13/h4-9,12,16-17,21H,10-11H2,1-3H3,(H,22,23)(H,24,25)/t16-,17-/m0/s1. The number of hydrogen-bond donors (Lipinski definition) is 3. The highest BCUT2D eigenvalue weighted by Gasteiger charge is 2.27. The van der Waals surface area contributed by atoms with Crippen LogP contribution in [0.25, 0.3) is 11.3 Å². The van der Waals surface area contributed by atoms with Crippen molar-refractivity contribution >= 4 is 11.9 Å². The van der Waals surface area contributed by atoms with E-state index in [1.54, 1.807) is 19.2 Å². The van der Waals surface area contributed by atoms with E-state index in [0.29, 0.717) is 17.9 Å². The molecule has 7 nitrogen and oxygen atoms in total. The SMILES string of the molecule is COc1ccc(-c2ccc(C[C@H](N[C@@H](CC(C)C)C(=O)O)C(=O)O)o2)cc1. The monoisotopic (exact) mass is 375 g/mol. The van der Waals surface area contributed by atoms with Crippen LogP contribution in [0.1, 0.15) is 26.0 Å². The van der Waals surface area contributed by atoms with E-state index in [4.69, 9.17) is 9.15 Å². The van der Waals surface area contributed by atoms with E-state index in [1.165, 1.54) is 0 Å². The second kappa shape index (κ2) is 9.23. The number of hydrogen-bond acceptors (Lipinski definition) is 5. The Morgan fingerprint density at radius 1 is 1.04 bits per heavy atom. The van der Waals surface area contributed by atoms with E-state index in [0.717, 1.165) is 11.3 Å². The van der Waals surface area contributed by atoms with Gasteiger partial charge in [-0.25, -0.2) is 0 Å². The van der Waals surface area contributed by atoms with Gasteiger partial charge < -0.3 is 19.4 Å². The zero-order valence-electron chi connectivity index (χ0n) is 15.6. The number of benzene rings is 1. The van der Waals surface area contributed by atoms with Gasteiger partial charge in [-0.05, 0) is 48.7 Å². The normalized spacial score (nSPS) is 13.3. The highest BCUT2D eigenvalue weighted by molar-refractivity contribution is 5.77. The van der Waals surface area contributed by atoms with Crippen molar-refractivity contribution in [3.8, 4) is 17.1 Å². The van der Waals surface area contributed by atoms with Crippen LogP contribution in [0.4, 0.5) is 0 Å². The topological polar surface area (TPSA) is 109 Å². The van der Waals surface area contributed by atoms with Crippen LogP contribution in [-0.4, -0.2) is 41.3 Å². The van der Waals surface area contributed by atoms with Crippen LogP contribution in [0.3, 0.4) is 0 Å². The van der Waals surface area contributed by atoms with Crippen molar-refractivity contribution in [2.24, 2.45) is 5.92 Å². The molecule has 2 rings (SSSR count). The molecule has 27 heavy (non-hydrogen) atoms. The summed E-state index contributed by atoms with van der Waals surface area (Å²) >= 11 is 0. The van der Waals surface area contributed by atoms with Crippen LogP contribution in [-0.2, 0) is 16.0 Å². The maximum Gasteiger partial charge on any atom is 0.321 e. The first-order valence-electron chi connectivity index (χ1n) is 8.75. The fourth-order valence-electron chi connectivity index (χ4n) is 2.77. The Bertz CT molecular complexity index is 765. The third-order valence-corrected chi connectivity index (χ3v) is 4.15. The fourth-order valence-corrected chi connectivity index (χ4v) is 2.77. The van der Waals surface area contributed by atoms with Crippen molar-refractivity contribution in [3.63, 3.8) is 0 Å². The molecule has 0 aliphatic carbocycles. The van der Waals surface area contributed by atoms with Gasteiger partial charge in [0.15, 0.2) is 0 Å². The number of nitrogens with one attached hydrogen (secondary N) is 1. The Labute approximate surface area is 158 Å². The van der Waals surface area contributed by atoms with Gasteiger partial charge in [0.1, 0.15) is 29.4 Å². The molecule has 0 unspecified atom stereocenters. The second-order valence-electron chi connectivity index (χ2n) is 6.78. The summed E-state index contributed by atoms with van der Waals surface area (Å²) < 4.78 is 10.9. The van der Waals surface area contributed by atoms with E-state index in [9.17, 15) is 19.8 Å². The molecule has 0 saturated heterocycles. The average Bonchev–Trinajstić information content (AvgIpc) is 3.08. The van der Waals surface area contributed by atoms with Crippen LogP contribution >= 0.6 is 0 Å². The molecule has 0 bridgehead atoms. The molecule has 7 heteroatoms. The molecular formula is C20H25NO6. The molecule has 0 amide bonds. The Kier molecular flexibility index (Phi) is 7.01. The summed E-state index contributed by atoms with van der Waals surface area (Å²) in [6, 6.07) is 8.79. The minimum atomic E-state index is -1.12. The number of carboxylic acids is 2. The predicted molar refractivity (Wildman–Crippen MR) is 99.8 cm³/mol. The van der Waals surface area contributed by atoms with Crippen LogP contribution in [0.5, 0.6) is 5.75 Å². The number of ether oxygens (including phenoxy) is 1. The molecule has 0 fully saturated rings. The molecule has 1 heterocycles. The lowest BCUT2D eigenvalue weighted by Gasteiger charge is -2.21. The molecule has 146 valence electrons. The van der Waals surface area contributed by atoms with Gasteiger partial charge in [0.25, 0.3) is 0 Å². The van der Waals surface area contributed by atoms with E-state index in [2.05, 4.69) is 5.32 Å². The summed E-state index contributed by atoms with van der Waals surface area (Å²) in [7, 11) is 1.59. The van der Waals surface area contributed by atoms with E-state index in [1.807, 2.05) is 38.1 Å². The lowest BCUT2D eigenvalue weighted by Crippen LogP contribution is -2.48. The predicted octanol–water partition coefficient (Wildman–Crippen LogP) is 3.04. The first-order valence-corrected chi connectivity index (χ1v) is 8.75. The fraction of sp³-hybridized carbons (Fsp3) is 0.400. The van der Waals surface area contributed by atoms with E-state index >= 15 is 0 Å². The molecule has 2 aromatic rings. The van der Waals surface area contributed by atoms with Gasteiger partial charge in [-0.1, -0.05) is 13.8 Å². The minimum Gasteiger partial charge on any atom is -0.497 e. The summed E-state index contributed by atoms with van der Waals surface area (Å²) in [5.74, 6) is -0.257. The molecule has 0 saturated carbocycles. The van der Waals surface area contributed by atoms with Crippen molar-refractivity contribution in [2.75, 3.05) is 7.11 Å². The molecule has 0 spiro atoms. The molecular weight excluding hydrogens is 350 g/mol. The smallest absolute Gasteiger partial charge is 0.321 e. The van der Waals surface area contributed by atoms with Crippen LogP contribution in [0.2, 0.25) is 0 Å². The number of rotatable bonds is 10. The van der Waals surface area contributed by atoms with Gasteiger partial charge in [-0.2, -0.15) is 0 Å². The van der Waals surface area contributed by atoms with Crippen molar-refractivity contribution < 1.29 is 29.0 Å². The van der Waals surface area contributed by atoms with Crippen LogP contribution < -0.4 is 10.1 Å². The highest BCUT2D eigenvalue weighted by Crippen LogP contribution is 2.25. The van der Waals surface area contributed by atoms with Crippen molar-refractivity contribution in [3.05, 3.63) is 42.2 Å². The number of carbonyl (C=O) groups is 2. The summed E-state index contributed by atoms with van der Waals surface area (Å²) in [5.41, 5.74) is 0.838. The number of carboxylic acid groups (broad SMARTS) is 2. The minimum absolute atomic E-state index is 0.0490. The first-order chi connectivity index (χ1) is 12.8. The van der Waals surface area contributed by atoms with Gasteiger partial charge in [0.05, 0.1) is 7.11 Å². The third-order valence-electron chi connectivity index (χ3n) is 4.15. The molecule has 0 aliphatic rings. The Morgan fingerprint density at radius 2 is 1.67 bits per heavy atom. The van der Waals surface area contributed by atoms with E-state index in [-0.39, 0.29) is 12.3 Å². The van der Waals surface area contributed by atoms with Crippen LogP contribution in [0, 0.1) is 5.92 Å². The highest BCUT2D eigenvalue weighted by atomic mass is 16.5. The Hall–Kier alpha value is -2.80. The number of furan rings is 1. The molecule has 3 N–H and O–H groups in total. The zero-order chi connectivity index (χ0) is 20.0.